The number of carboxylic acid groups (broad SMARTS) is 1. The first kappa shape index (κ1) is 16.8. The Morgan fingerprint density at radius 3 is 2.14 bits per heavy atom. The summed E-state index contributed by atoms with van der Waals surface area (Å²) in [5, 5.41) is 9.72. The first-order chi connectivity index (χ1) is 9.63. The fourth-order valence-corrected chi connectivity index (χ4v) is 4.25. The molecular formula is C17H32N2O2. The van der Waals surface area contributed by atoms with Crippen molar-refractivity contribution in [3.05, 3.63) is 0 Å². The van der Waals surface area contributed by atoms with E-state index >= 15 is 0 Å². The lowest BCUT2D eigenvalue weighted by atomic mass is 9.84. The SMILES string of the molecule is CC(C)(C)N1CCC(CC(C)(C)N2CCCC2)C1C(=O)O. The number of hydrogen-bond acceptors (Lipinski definition) is 3. The van der Waals surface area contributed by atoms with Crippen LogP contribution >= 0.6 is 0 Å². The second-order valence-corrected chi connectivity index (χ2v) is 8.41. The van der Waals surface area contributed by atoms with Gasteiger partial charge >= 0.3 is 5.97 Å². The number of hydrogen-bond donors (Lipinski definition) is 1. The second-order valence-electron chi connectivity index (χ2n) is 8.41. The summed E-state index contributed by atoms with van der Waals surface area (Å²) in [5.74, 6) is -0.387. The van der Waals surface area contributed by atoms with Gasteiger partial charge in [-0.3, -0.25) is 14.6 Å². The maximum atomic E-state index is 11.8. The van der Waals surface area contributed by atoms with Gasteiger partial charge in [-0.1, -0.05) is 0 Å². The second kappa shape index (κ2) is 5.88. The van der Waals surface area contributed by atoms with Gasteiger partial charge in [0.1, 0.15) is 6.04 Å². The molecule has 2 aliphatic rings. The zero-order valence-electron chi connectivity index (χ0n) is 14.4. The molecule has 0 aromatic heterocycles. The van der Waals surface area contributed by atoms with Gasteiger partial charge in [0.25, 0.3) is 0 Å². The summed E-state index contributed by atoms with van der Waals surface area (Å²) in [7, 11) is 0. The Bertz CT molecular complexity index is 381. The predicted molar refractivity (Wildman–Crippen MR) is 85.5 cm³/mol. The van der Waals surface area contributed by atoms with Gasteiger partial charge in [-0.15, -0.1) is 0 Å². The van der Waals surface area contributed by atoms with E-state index in [9.17, 15) is 9.90 Å². The number of aliphatic carboxylic acids is 1. The van der Waals surface area contributed by atoms with Crippen molar-refractivity contribution in [2.45, 2.75) is 77.4 Å². The van der Waals surface area contributed by atoms with Crippen molar-refractivity contribution in [2.75, 3.05) is 19.6 Å². The van der Waals surface area contributed by atoms with Crippen LogP contribution in [0.2, 0.25) is 0 Å². The fourth-order valence-electron chi connectivity index (χ4n) is 4.25. The van der Waals surface area contributed by atoms with Gasteiger partial charge in [-0.05, 0) is 85.9 Å². The standard InChI is InChI=1S/C17H32N2O2/c1-16(2,3)19-11-8-13(14(19)15(20)21)12-17(4,5)18-9-6-7-10-18/h13-14H,6-12H2,1-5H3,(H,20,21). The third-order valence-corrected chi connectivity index (χ3v) is 5.36. The minimum Gasteiger partial charge on any atom is -0.480 e. The summed E-state index contributed by atoms with van der Waals surface area (Å²) in [6.07, 6.45) is 4.55. The highest BCUT2D eigenvalue weighted by atomic mass is 16.4. The molecule has 0 radical (unpaired) electrons. The third kappa shape index (κ3) is 3.59. The Hall–Kier alpha value is -0.610. The number of carbonyl (C=O) groups is 1. The third-order valence-electron chi connectivity index (χ3n) is 5.36. The van der Waals surface area contributed by atoms with Crippen LogP contribution in [0.4, 0.5) is 0 Å². The van der Waals surface area contributed by atoms with E-state index in [0.717, 1.165) is 19.4 Å². The van der Waals surface area contributed by atoms with E-state index in [1.807, 2.05) is 0 Å². The molecule has 2 saturated heterocycles. The van der Waals surface area contributed by atoms with Crippen LogP contribution in [-0.4, -0.2) is 57.6 Å². The molecule has 2 unspecified atom stereocenters. The van der Waals surface area contributed by atoms with Gasteiger partial charge in [0, 0.05) is 11.1 Å². The number of rotatable bonds is 4. The lowest BCUT2D eigenvalue weighted by molar-refractivity contribution is -0.145. The van der Waals surface area contributed by atoms with Crippen molar-refractivity contribution in [1.29, 1.82) is 0 Å². The van der Waals surface area contributed by atoms with Crippen molar-refractivity contribution in [3.8, 4) is 0 Å². The van der Waals surface area contributed by atoms with Crippen molar-refractivity contribution in [3.63, 3.8) is 0 Å². The van der Waals surface area contributed by atoms with Crippen LogP contribution in [0.5, 0.6) is 0 Å². The molecule has 0 amide bonds. The van der Waals surface area contributed by atoms with E-state index < -0.39 is 5.97 Å². The first-order valence-corrected chi connectivity index (χ1v) is 8.37. The fraction of sp³-hybridized carbons (Fsp3) is 0.941. The van der Waals surface area contributed by atoms with Crippen molar-refractivity contribution in [1.82, 2.24) is 9.80 Å². The molecule has 0 aliphatic carbocycles. The number of likely N-dealkylation sites (tertiary alicyclic amines) is 2. The van der Waals surface area contributed by atoms with Crippen molar-refractivity contribution < 1.29 is 9.90 Å². The molecule has 2 fully saturated rings. The maximum absolute atomic E-state index is 11.8. The van der Waals surface area contributed by atoms with E-state index in [1.54, 1.807) is 0 Å². The molecule has 21 heavy (non-hydrogen) atoms. The molecule has 0 saturated carbocycles. The summed E-state index contributed by atoms with van der Waals surface area (Å²) in [6.45, 7) is 14.2. The lowest BCUT2D eigenvalue weighted by Gasteiger charge is -2.40. The molecule has 1 N–H and O–H groups in total. The lowest BCUT2D eigenvalue weighted by Crippen LogP contribution is -2.51. The Morgan fingerprint density at radius 2 is 1.67 bits per heavy atom. The Balaban J connectivity index is 2.10. The molecule has 2 aliphatic heterocycles. The smallest absolute Gasteiger partial charge is 0.321 e. The van der Waals surface area contributed by atoms with Crippen LogP contribution in [0.25, 0.3) is 0 Å². The largest absolute Gasteiger partial charge is 0.480 e. The first-order valence-electron chi connectivity index (χ1n) is 8.37. The van der Waals surface area contributed by atoms with Gasteiger partial charge < -0.3 is 5.11 Å². The van der Waals surface area contributed by atoms with Gasteiger partial charge in [-0.2, -0.15) is 0 Å². The summed E-state index contributed by atoms with van der Waals surface area (Å²) in [4.78, 5) is 16.5. The Kier molecular flexibility index (Phi) is 4.69. The van der Waals surface area contributed by atoms with Crippen LogP contribution in [-0.2, 0) is 4.79 Å². The molecular weight excluding hydrogens is 264 g/mol. The van der Waals surface area contributed by atoms with Crippen LogP contribution in [0.3, 0.4) is 0 Å². The minimum absolute atomic E-state index is 0.0738. The number of nitrogens with zero attached hydrogens (tertiary/aromatic N) is 2. The van der Waals surface area contributed by atoms with E-state index in [4.69, 9.17) is 0 Å². The molecule has 4 nitrogen and oxygen atoms in total. The molecule has 4 heteroatoms. The van der Waals surface area contributed by atoms with Crippen LogP contribution in [0.15, 0.2) is 0 Å². The highest BCUT2D eigenvalue weighted by molar-refractivity contribution is 5.74. The highest BCUT2D eigenvalue weighted by Gasteiger charge is 2.46. The summed E-state index contributed by atoms with van der Waals surface area (Å²) >= 11 is 0. The summed E-state index contributed by atoms with van der Waals surface area (Å²) < 4.78 is 0. The zero-order valence-corrected chi connectivity index (χ0v) is 14.4. The molecule has 0 bridgehead atoms. The summed E-state index contributed by atoms with van der Waals surface area (Å²) in [5.41, 5.74) is 0.0400. The molecule has 0 aromatic rings. The van der Waals surface area contributed by atoms with E-state index in [1.165, 1.54) is 25.9 Å². The van der Waals surface area contributed by atoms with E-state index in [0.29, 0.717) is 0 Å². The zero-order chi connectivity index (χ0) is 15.8. The maximum Gasteiger partial charge on any atom is 0.321 e. The van der Waals surface area contributed by atoms with Gasteiger partial charge in [0.2, 0.25) is 0 Å². The van der Waals surface area contributed by atoms with Crippen LogP contribution in [0.1, 0.15) is 60.3 Å². The van der Waals surface area contributed by atoms with Gasteiger partial charge in [-0.25, -0.2) is 0 Å². The van der Waals surface area contributed by atoms with Crippen molar-refractivity contribution in [2.24, 2.45) is 5.92 Å². The molecule has 0 spiro atoms. The van der Waals surface area contributed by atoms with E-state index in [2.05, 4.69) is 44.4 Å². The number of carboxylic acids is 1. The average Bonchev–Trinajstić information content (AvgIpc) is 2.94. The Morgan fingerprint density at radius 1 is 1.10 bits per heavy atom. The normalized spacial score (nSPS) is 29.2. The molecule has 2 heterocycles. The van der Waals surface area contributed by atoms with Gasteiger partial charge in [0.05, 0.1) is 0 Å². The molecule has 0 aromatic carbocycles. The molecule has 2 rings (SSSR count). The van der Waals surface area contributed by atoms with Crippen LogP contribution in [0, 0.1) is 5.92 Å². The average molecular weight is 296 g/mol. The highest BCUT2D eigenvalue weighted by Crippen LogP contribution is 2.38. The topological polar surface area (TPSA) is 43.8 Å². The molecule has 2 atom stereocenters. The quantitative estimate of drug-likeness (QED) is 0.866. The minimum atomic E-state index is -0.648. The van der Waals surface area contributed by atoms with Crippen molar-refractivity contribution >= 4 is 5.97 Å². The summed E-state index contributed by atoms with van der Waals surface area (Å²) in [6, 6.07) is -0.327. The Labute approximate surface area is 129 Å². The molecule has 122 valence electrons. The predicted octanol–water partition coefficient (Wildman–Crippen LogP) is 2.82. The van der Waals surface area contributed by atoms with E-state index in [-0.39, 0.29) is 23.0 Å². The monoisotopic (exact) mass is 296 g/mol. The van der Waals surface area contributed by atoms with Crippen LogP contribution < -0.4 is 0 Å². The van der Waals surface area contributed by atoms with Gasteiger partial charge in [0.15, 0.2) is 0 Å².